The summed E-state index contributed by atoms with van der Waals surface area (Å²) in [6, 6.07) is 23.7. The third kappa shape index (κ3) is 5.31. The smallest absolute Gasteiger partial charge is 0.229 e. The van der Waals surface area contributed by atoms with E-state index in [0.717, 1.165) is 5.56 Å². The first-order valence-corrected chi connectivity index (χ1v) is 10.5. The molecule has 1 N–H and O–H groups in total. The van der Waals surface area contributed by atoms with Crippen molar-refractivity contribution in [1.82, 2.24) is 0 Å². The monoisotopic (exact) mass is 441 g/mol. The van der Waals surface area contributed by atoms with Crippen LogP contribution >= 0.6 is 0 Å². The van der Waals surface area contributed by atoms with Gasteiger partial charge in [0.15, 0.2) is 0 Å². The molecular formula is C26H23N3O4. The molecule has 0 saturated carbocycles. The van der Waals surface area contributed by atoms with E-state index in [1.54, 1.807) is 54.5 Å². The highest BCUT2D eigenvalue weighted by Crippen LogP contribution is 2.29. The number of nitriles is 1. The molecule has 3 aromatic rings. The van der Waals surface area contributed by atoms with Crippen molar-refractivity contribution < 1.29 is 19.1 Å². The average molecular weight is 441 g/mol. The van der Waals surface area contributed by atoms with Gasteiger partial charge < -0.3 is 19.7 Å². The van der Waals surface area contributed by atoms with Crippen LogP contribution in [0.15, 0.2) is 72.8 Å². The van der Waals surface area contributed by atoms with E-state index in [4.69, 9.17) is 14.7 Å². The number of anilines is 2. The Labute approximate surface area is 192 Å². The van der Waals surface area contributed by atoms with Crippen LogP contribution in [0.25, 0.3) is 0 Å². The number of nitrogens with one attached hydrogen (secondary N) is 1. The maximum Gasteiger partial charge on any atom is 0.229 e. The molecule has 0 aromatic heterocycles. The maximum atomic E-state index is 12.8. The van der Waals surface area contributed by atoms with Crippen LogP contribution in [0.2, 0.25) is 0 Å². The maximum absolute atomic E-state index is 12.8. The summed E-state index contributed by atoms with van der Waals surface area (Å²) in [6.45, 7) is 0.614. The molecule has 1 unspecified atom stereocenters. The van der Waals surface area contributed by atoms with Crippen LogP contribution in [0.5, 0.6) is 11.5 Å². The van der Waals surface area contributed by atoms with Crippen LogP contribution < -0.4 is 19.7 Å². The van der Waals surface area contributed by atoms with Gasteiger partial charge in [0.05, 0.1) is 24.7 Å². The molecule has 4 rings (SSSR count). The Morgan fingerprint density at radius 2 is 1.88 bits per heavy atom. The summed E-state index contributed by atoms with van der Waals surface area (Å²) >= 11 is 0. The summed E-state index contributed by atoms with van der Waals surface area (Å²) in [4.78, 5) is 27.0. The van der Waals surface area contributed by atoms with Gasteiger partial charge in [-0.25, -0.2) is 0 Å². The number of ether oxygens (including phenoxy) is 2. The Kier molecular flexibility index (Phi) is 6.56. The van der Waals surface area contributed by atoms with Crippen molar-refractivity contribution in [3.05, 3.63) is 83.9 Å². The van der Waals surface area contributed by atoms with E-state index in [0.29, 0.717) is 41.6 Å². The number of hydrogen-bond acceptors (Lipinski definition) is 5. The first-order chi connectivity index (χ1) is 16.1. The van der Waals surface area contributed by atoms with Crippen molar-refractivity contribution in [2.45, 2.75) is 13.0 Å². The summed E-state index contributed by atoms with van der Waals surface area (Å²) in [7, 11) is 1.57. The number of nitrogens with zero attached hydrogens (tertiary/aromatic N) is 2. The highest BCUT2D eigenvalue weighted by atomic mass is 16.5. The van der Waals surface area contributed by atoms with E-state index in [9.17, 15) is 9.59 Å². The minimum Gasteiger partial charge on any atom is -0.497 e. The van der Waals surface area contributed by atoms with Gasteiger partial charge in [-0.05, 0) is 42.0 Å². The Balaban J connectivity index is 1.37. The molecule has 7 nitrogen and oxygen atoms in total. The van der Waals surface area contributed by atoms with Crippen molar-refractivity contribution in [2.24, 2.45) is 5.92 Å². The van der Waals surface area contributed by atoms with Gasteiger partial charge in [0, 0.05) is 36.5 Å². The molecular weight excluding hydrogens is 418 g/mol. The molecule has 33 heavy (non-hydrogen) atoms. The molecule has 166 valence electrons. The van der Waals surface area contributed by atoms with Crippen molar-refractivity contribution >= 4 is 23.2 Å². The molecule has 1 aliphatic heterocycles. The van der Waals surface area contributed by atoms with Crippen LogP contribution in [0, 0.1) is 17.2 Å². The second kappa shape index (κ2) is 9.88. The zero-order valence-electron chi connectivity index (χ0n) is 18.2. The number of hydrogen-bond donors (Lipinski definition) is 1. The number of rotatable bonds is 7. The zero-order chi connectivity index (χ0) is 23.2. The first kappa shape index (κ1) is 21.9. The van der Waals surface area contributed by atoms with Gasteiger partial charge in [-0.1, -0.05) is 24.3 Å². The van der Waals surface area contributed by atoms with E-state index in [2.05, 4.69) is 11.4 Å². The fourth-order valence-electron chi connectivity index (χ4n) is 3.72. The van der Waals surface area contributed by atoms with E-state index in [1.807, 2.05) is 30.3 Å². The number of amides is 2. The number of methoxy groups -OCH3 is 1. The Hall–Kier alpha value is -4.31. The predicted molar refractivity (Wildman–Crippen MR) is 124 cm³/mol. The molecule has 1 fully saturated rings. The lowest BCUT2D eigenvalue weighted by atomic mass is 10.1. The summed E-state index contributed by atoms with van der Waals surface area (Å²) in [5.41, 5.74) is 2.76. The van der Waals surface area contributed by atoms with E-state index < -0.39 is 5.92 Å². The lowest BCUT2D eigenvalue weighted by Crippen LogP contribution is -2.28. The highest BCUT2D eigenvalue weighted by Gasteiger charge is 2.35. The number of benzene rings is 3. The van der Waals surface area contributed by atoms with Gasteiger partial charge in [-0.2, -0.15) is 5.26 Å². The molecule has 3 aromatic carbocycles. The van der Waals surface area contributed by atoms with Crippen LogP contribution in [0.4, 0.5) is 11.4 Å². The second-order valence-corrected chi connectivity index (χ2v) is 7.72. The Morgan fingerprint density at radius 1 is 1.09 bits per heavy atom. The Bertz CT molecular complexity index is 1220. The molecule has 0 radical (unpaired) electrons. The minimum atomic E-state index is -0.456. The molecule has 1 atom stereocenters. The van der Waals surface area contributed by atoms with Crippen LogP contribution in [-0.4, -0.2) is 25.5 Å². The number of carbonyl (C=O) groups is 2. The quantitative estimate of drug-likeness (QED) is 0.595. The topological polar surface area (TPSA) is 91.7 Å². The van der Waals surface area contributed by atoms with Crippen LogP contribution in [0.1, 0.15) is 17.5 Å². The van der Waals surface area contributed by atoms with Gasteiger partial charge >= 0.3 is 0 Å². The third-order valence-corrected chi connectivity index (χ3v) is 5.42. The van der Waals surface area contributed by atoms with Crippen LogP contribution in [0.3, 0.4) is 0 Å². The van der Waals surface area contributed by atoms with Crippen molar-refractivity contribution in [3.8, 4) is 17.6 Å². The van der Waals surface area contributed by atoms with Crippen molar-refractivity contribution in [3.63, 3.8) is 0 Å². The fraction of sp³-hybridized carbons (Fsp3) is 0.192. The average Bonchev–Trinajstić information content (AvgIpc) is 3.25. The molecule has 1 heterocycles. The fourth-order valence-corrected chi connectivity index (χ4v) is 3.72. The van der Waals surface area contributed by atoms with Crippen molar-refractivity contribution in [2.75, 3.05) is 23.9 Å². The van der Waals surface area contributed by atoms with E-state index >= 15 is 0 Å². The van der Waals surface area contributed by atoms with Crippen LogP contribution in [-0.2, 0) is 16.2 Å². The molecule has 1 saturated heterocycles. The summed E-state index contributed by atoms with van der Waals surface area (Å²) in [5, 5.41) is 11.9. The number of carbonyl (C=O) groups excluding carboxylic acids is 2. The van der Waals surface area contributed by atoms with Crippen molar-refractivity contribution in [1.29, 1.82) is 5.26 Å². The van der Waals surface area contributed by atoms with Gasteiger partial charge in [-0.3, -0.25) is 9.59 Å². The highest BCUT2D eigenvalue weighted by molar-refractivity contribution is 6.03. The largest absolute Gasteiger partial charge is 0.497 e. The first-order valence-electron chi connectivity index (χ1n) is 10.5. The van der Waals surface area contributed by atoms with Gasteiger partial charge in [0.2, 0.25) is 11.8 Å². The standard InChI is InChI=1S/C26H23N3O4/c1-32-23-9-4-8-22(14-23)29-16-20(12-25(29)30)26(31)28-21-7-3-10-24(13-21)33-17-19-6-2-5-18(11-19)15-27/h2-11,13-14,20H,12,16-17H2,1H3,(H,28,31). The molecule has 0 spiro atoms. The van der Waals surface area contributed by atoms with E-state index in [1.165, 1.54) is 0 Å². The van der Waals surface area contributed by atoms with Gasteiger partial charge in [0.1, 0.15) is 18.1 Å². The molecule has 0 aliphatic carbocycles. The third-order valence-electron chi connectivity index (χ3n) is 5.42. The molecule has 1 aliphatic rings. The lowest BCUT2D eigenvalue weighted by molar-refractivity contribution is -0.122. The molecule has 7 heteroatoms. The predicted octanol–water partition coefficient (Wildman–Crippen LogP) is 4.14. The van der Waals surface area contributed by atoms with Gasteiger partial charge in [0.25, 0.3) is 0 Å². The summed E-state index contributed by atoms with van der Waals surface area (Å²) in [6.07, 6.45) is 0.147. The molecule has 0 bridgehead atoms. The lowest BCUT2D eigenvalue weighted by Gasteiger charge is -2.17. The normalized spacial score (nSPS) is 15.1. The van der Waals surface area contributed by atoms with E-state index in [-0.39, 0.29) is 18.2 Å². The van der Waals surface area contributed by atoms with Gasteiger partial charge in [-0.15, -0.1) is 0 Å². The Morgan fingerprint density at radius 3 is 2.70 bits per heavy atom. The second-order valence-electron chi connectivity index (χ2n) is 7.72. The summed E-state index contributed by atoms with van der Waals surface area (Å²) in [5.74, 6) is 0.481. The zero-order valence-corrected chi connectivity index (χ0v) is 18.2. The summed E-state index contributed by atoms with van der Waals surface area (Å²) < 4.78 is 11.0. The SMILES string of the molecule is COc1cccc(N2CC(C(=O)Nc3cccc(OCc4cccc(C#N)c4)c3)CC2=O)c1. The molecule has 2 amide bonds. The minimum absolute atomic E-state index is 0.0971.